The highest BCUT2D eigenvalue weighted by Gasteiger charge is 2.41. The van der Waals surface area contributed by atoms with Crippen LogP contribution in [0.3, 0.4) is 0 Å². The molecule has 1 atom stereocenters. The summed E-state index contributed by atoms with van der Waals surface area (Å²) in [6.45, 7) is 1.23. The second-order valence-corrected chi connectivity index (χ2v) is 4.71. The third kappa shape index (κ3) is 2.83. The summed E-state index contributed by atoms with van der Waals surface area (Å²) in [7, 11) is 1.09. The molecule has 0 aliphatic carbocycles. The fourth-order valence-electron chi connectivity index (χ4n) is 2.01. The average Bonchev–Trinajstić information content (AvgIpc) is 3.03. The lowest BCUT2D eigenvalue weighted by Gasteiger charge is -2.28. The van der Waals surface area contributed by atoms with E-state index >= 15 is 0 Å². The van der Waals surface area contributed by atoms with E-state index in [1.165, 1.54) is 19.3 Å². The lowest BCUT2D eigenvalue weighted by Crippen LogP contribution is -2.50. The van der Waals surface area contributed by atoms with Gasteiger partial charge in [0.05, 0.1) is 18.9 Å². The molecule has 22 heavy (non-hydrogen) atoms. The van der Waals surface area contributed by atoms with Crippen LogP contribution < -0.4 is 5.32 Å². The third-order valence-corrected chi connectivity index (χ3v) is 3.21. The Kier molecular flexibility index (Phi) is 4.25. The smallest absolute Gasteiger partial charge is 0.336 e. The van der Waals surface area contributed by atoms with Gasteiger partial charge in [0.25, 0.3) is 5.91 Å². The molecule has 5 nitrogen and oxygen atoms in total. The number of carbonyl (C=O) groups excluding carboxylic acids is 2. The predicted molar refractivity (Wildman–Crippen MR) is 71.9 cm³/mol. The third-order valence-electron chi connectivity index (χ3n) is 3.21. The first-order chi connectivity index (χ1) is 10.4. The Labute approximate surface area is 124 Å². The number of ether oxygens (including phenoxy) is 1. The number of methoxy groups -OCH3 is 1. The summed E-state index contributed by atoms with van der Waals surface area (Å²) in [6.07, 6.45) is 2.43. The van der Waals surface area contributed by atoms with Crippen LogP contribution in [0.1, 0.15) is 22.8 Å². The number of hydrogen-bond donors (Lipinski definition) is 1. The van der Waals surface area contributed by atoms with Crippen molar-refractivity contribution in [3.05, 3.63) is 59.6 Å². The first kappa shape index (κ1) is 15.7. The van der Waals surface area contributed by atoms with Crippen LogP contribution >= 0.6 is 0 Å². The number of esters is 1. The van der Waals surface area contributed by atoms with Crippen LogP contribution in [0.2, 0.25) is 0 Å². The maximum Gasteiger partial charge on any atom is 0.336 e. The second-order valence-electron chi connectivity index (χ2n) is 4.71. The van der Waals surface area contributed by atoms with Crippen LogP contribution in [-0.2, 0) is 15.1 Å². The Bertz CT molecular complexity index is 700. The molecular formula is C15H13F2NO4. The van der Waals surface area contributed by atoms with Crippen molar-refractivity contribution in [3.63, 3.8) is 0 Å². The Balaban J connectivity index is 2.46. The highest BCUT2D eigenvalue weighted by Crippen LogP contribution is 2.26. The van der Waals surface area contributed by atoms with Crippen molar-refractivity contribution >= 4 is 11.9 Å². The monoisotopic (exact) mass is 309 g/mol. The summed E-state index contributed by atoms with van der Waals surface area (Å²) < 4.78 is 36.8. The number of hydrogen-bond acceptors (Lipinski definition) is 4. The zero-order chi connectivity index (χ0) is 16.3. The zero-order valence-corrected chi connectivity index (χ0v) is 11.9. The van der Waals surface area contributed by atoms with Gasteiger partial charge >= 0.3 is 5.97 Å². The minimum Gasteiger partial charge on any atom is -0.472 e. The van der Waals surface area contributed by atoms with Crippen molar-refractivity contribution in [3.8, 4) is 0 Å². The Morgan fingerprint density at radius 1 is 1.27 bits per heavy atom. The molecule has 2 aromatic rings. The summed E-state index contributed by atoms with van der Waals surface area (Å²) >= 11 is 0. The maximum absolute atomic E-state index is 14.0. The van der Waals surface area contributed by atoms with Crippen LogP contribution in [0.25, 0.3) is 0 Å². The van der Waals surface area contributed by atoms with E-state index in [0.717, 1.165) is 31.6 Å². The number of carbonyl (C=O) groups is 2. The average molecular weight is 309 g/mol. The largest absolute Gasteiger partial charge is 0.472 e. The molecule has 1 aromatic heterocycles. The van der Waals surface area contributed by atoms with Gasteiger partial charge < -0.3 is 14.5 Å². The summed E-state index contributed by atoms with van der Waals surface area (Å²) in [5.74, 6) is -3.22. The van der Waals surface area contributed by atoms with Crippen LogP contribution in [-0.4, -0.2) is 19.0 Å². The fraction of sp³-hybridized carbons (Fsp3) is 0.200. The van der Waals surface area contributed by atoms with Gasteiger partial charge in [-0.15, -0.1) is 0 Å². The molecular weight excluding hydrogens is 296 g/mol. The minimum absolute atomic E-state index is 0.131. The lowest BCUT2D eigenvalue weighted by molar-refractivity contribution is -0.148. The van der Waals surface area contributed by atoms with Crippen LogP contribution in [0.5, 0.6) is 0 Å². The van der Waals surface area contributed by atoms with Gasteiger partial charge in [-0.1, -0.05) is 0 Å². The Morgan fingerprint density at radius 3 is 2.59 bits per heavy atom. The molecule has 1 amide bonds. The van der Waals surface area contributed by atoms with Gasteiger partial charge in [-0.25, -0.2) is 13.6 Å². The number of amides is 1. The number of rotatable bonds is 4. The summed E-state index contributed by atoms with van der Waals surface area (Å²) in [5.41, 5.74) is -2.10. The van der Waals surface area contributed by atoms with Gasteiger partial charge in [0, 0.05) is 5.56 Å². The number of benzene rings is 1. The number of halogens is 2. The predicted octanol–water partition coefficient (Wildman–Crippen LogP) is 2.38. The van der Waals surface area contributed by atoms with E-state index in [9.17, 15) is 18.4 Å². The molecule has 7 heteroatoms. The first-order valence-electron chi connectivity index (χ1n) is 6.27. The maximum atomic E-state index is 14.0. The van der Waals surface area contributed by atoms with Gasteiger partial charge in [0.1, 0.15) is 17.9 Å². The molecule has 0 fully saturated rings. The standard InChI is InChI=1S/C15H13F2NO4/c1-15(14(20)21-2,11-7-10(16)3-4-12(11)17)18-13(19)9-5-6-22-8-9/h3-8H,1-2H3,(H,18,19). The normalized spacial score (nSPS) is 13.3. The highest BCUT2D eigenvalue weighted by molar-refractivity contribution is 5.98. The van der Waals surface area contributed by atoms with Crippen molar-refractivity contribution in [1.82, 2.24) is 5.32 Å². The lowest BCUT2D eigenvalue weighted by atomic mass is 9.91. The van der Waals surface area contributed by atoms with Gasteiger partial charge in [-0.05, 0) is 31.2 Å². The van der Waals surface area contributed by atoms with Crippen molar-refractivity contribution in [2.45, 2.75) is 12.5 Å². The molecule has 0 aliphatic heterocycles. The molecule has 0 spiro atoms. The molecule has 0 radical (unpaired) electrons. The molecule has 1 unspecified atom stereocenters. The van der Waals surface area contributed by atoms with Crippen molar-refractivity contribution < 1.29 is 27.5 Å². The van der Waals surface area contributed by atoms with Crippen molar-refractivity contribution in [2.24, 2.45) is 0 Å². The van der Waals surface area contributed by atoms with E-state index in [0.29, 0.717) is 0 Å². The van der Waals surface area contributed by atoms with Crippen molar-refractivity contribution in [1.29, 1.82) is 0 Å². The molecule has 1 heterocycles. The van der Waals surface area contributed by atoms with E-state index in [1.54, 1.807) is 0 Å². The van der Waals surface area contributed by atoms with Crippen LogP contribution in [0.15, 0.2) is 41.2 Å². The highest BCUT2D eigenvalue weighted by atomic mass is 19.1. The Morgan fingerprint density at radius 2 is 2.00 bits per heavy atom. The van der Waals surface area contributed by atoms with Crippen LogP contribution in [0, 0.1) is 11.6 Å². The number of furan rings is 1. The molecule has 0 saturated heterocycles. The summed E-state index contributed by atoms with van der Waals surface area (Å²) in [4.78, 5) is 24.2. The van der Waals surface area contributed by atoms with Gasteiger partial charge in [0.2, 0.25) is 0 Å². The molecule has 0 aliphatic rings. The van der Waals surface area contributed by atoms with Gasteiger partial charge in [-0.3, -0.25) is 4.79 Å². The fourth-order valence-corrected chi connectivity index (χ4v) is 2.01. The summed E-state index contributed by atoms with van der Waals surface area (Å²) in [6, 6.07) is 3.99. The molecule has 0 bridgehead atoms. The first-order valence-corrected chi connectivity index (χ1v) is 6.27. The van der Waals surface area contributed by atoms with E-state index in [4.69, 9.17) is 4.42 Å². The Hall–Kier alpha value is -2.70. The topological polar surface area (TPSA) is 68.5 Å². The molecule has 1 aromatic carbocycles. The summed E-state index contributed by atoms with van der Waals surface area (Å²) in [5, 5.41) is 2.35. The zero-order valence-electron chi connectivity index (χ0n) is 11.9. The quantitative estimate of drug-likeness (QED) is 0.880. The van der Waals surface area contributed by atoms with Gasteiger partial charge in [0.15, 0.2) is 5.54 Å². The second kappa shape index (κ2) is 5.97. The molecule has 0 saturated carbocycles. The van der Waals surface area contributed by atoms with Crippen molar-refractivity contribution in [2.75, 3.05) is 7.11 Å². The molecule has 2 rings (SSSR count). The van der Waals surface area contributed by atoms with E-state index in [1.807, 2.05) is 0 Å². The molecule has 116 valence electrons. The van der Waals surface area contributed by atoms with E-state index < -0.39 is 29.0 Å². The van der Waals surface area contributed by atoms with Gasteiger partial charge in [-0.2, -0.15) is 0 Å². The SMILES string of the molecule is COC(=O)C(C)(NC(=O)c1ccoc1)c1cc(F)ccc1F. The minimum atomic E-state index is -1.89. The molecule has 1 N–H and O–H groups in total. The number of nitrogens with one attached hydrogen (secondary N) is 1. The van der Waals surface area contributed by atoms with Crippen LogP contribution in [0.4, 0.5) is 8.78 Å². The van der Waals surface area contributed by atoms with E-state index in [-0.39, 0.29) is 11.1 Å². The van der Waals surface area contributed by atoms with E-state index in [2.05, 4.69) is 10.1 Å².